The first-order chi connectivity index (χ1) is 33.6. The molecule has 0 saturated carbocycles. The Morgan fingerprint density at radius 1 is 0.191 bits per heavy atom. The molecule has 0 N–H and O–H groups in total. The molecule has 6 heteroatoms. The van der Waals surface area contributed by atoms with Crippen LogP contribution in [0.3, 0.4) is 0 Å². The van der Waals surface area contributed by atoms with Gasteiger partial charge in [-0.25, -0.2) is 29.9 Å². The summed E-state index contributed by atoms with van der Waals surface area (Å²) in [6.45, 7) is 0. The maximum atomic E-state index is 5.22. The summed E-state index contributed by atoms with van der Waals surface area (Å²) in [5.74, 6) is 0.662. The molecule has 13 aromatic rings. The smallest absolute Gasteiger partial charge is 0.160 e. The van der Waals surface area contributed by atoms with Gasteiger partial charge in [-0.1, -0.05) is 176 Å². The Kier molecular flexibility index (Phi) is 9.39. The molecule has 5 aromatic heterocycles. The van der Waals surface area contributed by atoms with Crippen molar-refractivity contribution in [2.75, 3.05) is 0 Å². The molecule has 0 aliphatic heterocycles. The zero-order valence-corrected chi connectivity index (χ0v) is 36.6. The van der Waals surface area contributed by atoms with Gasteiger partial charge in [-0.2, -0.15) is 0 Å². The third-order valence-electron chi connectivity index (χ3n) is 12.8. The minimum absolute atomic E-state index is 0.662. The standard InChI is InChI=1S/C62H38N6/c1-4-10-39(11-5-1)52-31-28-43-18-19-44-29-32-54(66-61(44)60(43)65-52)50-25-23-46-34-47(21-22-48(46)35-50)49-20-16-41-26-30-53(63-56(41)36-49)51-24-17-42-27-33-55(64-57(42)37-51)59-38-58(40-12-6-2-7-13-40)67-62(68-59)45-14-8-3-9-15-45/h1-38H. The second-order valence-corrected chi connectivity index (χ2v) is 17.1. The van der Waals surface area contributed by atoms with Crippen LogP contribution in [0.2, 0.25) is 0 Å². The Balaban J connectivity index is 0.806. The van der Waals surface area contributed by atoms with Gasteiger partial charge in [-0.3, -0.25) is 0 Å². The van der Waals surface area contributed by atoms with E-state index in [2.05, 4.69) is 152 Å². The lowest BCUT2D eigenvalue weighted by Gasteiger charge is -2.11. The second kappa shape index (κ2) is 16.3. The van der Waals surface area contributed by atoms with Crippen molar-refractivity contribution in [1.29, 1.82) is 0 Å². The Morgan fingerprint density at radius 2 is 0.574 bits per heavy atom. The lowest BCUT2D eigenvalue weighted by atomic mass is 9.98. The molecule has 0 spiro atoms. The first kappa shape index (κ1) is 39.1. The number of aromatic nitrogens is 6. The van der Waals surface area contributed by atoms with Crippen LogP contribution in [0.15, 0.2) is 231 Å². The van der Waals surface area contributed by atoms with E-state index in [-0.39, 0.29) is 0 Å². The van der Waals surface area contributed by atoms with Gasteiger partial charge in [-0.15, -0.1) is 0 Å². The number of hydrogen-bond acceptors (Lipinski definition) is 6. The van der Waals surface area contributed by atoms with Crippen molar-refractivity contribution in [1.82, 2.24) is 29.9 Å². The highest BCUT2D eigenvalue weighted by molar-refractivity contribution is 6.04. The molecule has 0 radical (unpaired) electrons. The van der Waals surface area contributed by atoms with Crippen LogP contribution < -0.4 is 0 Å². The highest BCUT2D eigenvalue weighted by Crippen LogP contribution is 2.34. The van der Waals surface area contributed by atoms with E-state index in [4.69, 9.17) is 29.9 Å². The van der Waals surface area contributed by atoms with Crippen molar-refractivity contribution in [2.24, 2.45) is 0 Å². The van der Waals surface area contributed by atoms with E-state index in [0.29, 0.717) is 5.82 Å². The Labute approximate surface area is 392 Å². The molecule has 0 unspecified atom stereocenters. The minimum Gasteiger partial charge on any atom is -0.248 e. The molecule has 0 bridgehead atoms. The zero-order valence-electron chi connectivity index (χ0n) is 36.6. The largest absolute Gasteiger partial charge is 0.248 e. The molecular weight excluding hydrogens is 829 g/mol. The topological polar surface area (TPSA) is 77.3 Å². The molecule has 8 aromatic carbocycles. The quantitative estimate of drug-likeness (QED) is 0.149. The number of hydrogen-bond donors (Lipinski definition) is 0. The van der Waals surface area contributed by atoms with Crippen LogP contribution in [-0.2, 0) is 0 Å². The highest BCUT2D eigenvalue weighted by Gasteiger charge is 2.14. The zero-order chi connectivity index (χ0) is 45.0. The maximum Gasteiger partial charge on any atom is 0.160 e. The highest BCUT2D eigenvalue weighted by atomic mass is 14.9. The summed E-state index contributed by atoms with van der Waals surface area (Å²) < 4.78 is 0. The summed E-state index contributed by atoms with van der Waals surface area (Å²) in [4.78, 5) is 30.7. The van der Waals surface area contributed by atoms with Crippen LogP contribution >= 0.6 is 0 Å². The monoisotopic (exact) mass is 866 g/mol. The summed E-state index contributed by atoms with van der Waals surface area (Å²) in [5, 5.41) is 6.58. The second-order valence-electron chi connectivity index (χ2n) is 17.1. The number of rotatable bonds is 7. The van der Waals surface area contributed by atoms with Gasteiger partial charge in [-0.05, 0) is 76.5 Å². The molecular formula is C62H38N6. The van der Waals surface area contributed by atoms with Crippen molar-refractivity contribution in [3.05, 3.63) is 231 Å². The molecule has 0 aliphatic rings. The predicted octanol–water partition coefficient (Wildman–Crippen LogP) is 15.5. The molecule has 6 nitrogen and oxygen atoms in total. The molecule has 0 aliphatic carbocycles. The van der Waals surface area contributed by atoms with E-state index in [1.165, 1.54) is 0 Å². The number of nitrogens with zero attached hydrogens (tertiary/aromatic N) is 6. The normalized spacial score (nSPS) is 11.5. The van der Waals surface area contributed by atoms with Crippen molar-refractivity contribution in [3.63, 3.8) is 0 Å². The van der Waals surface area contributed by atoms with E-state index >= 15 is 0 Å². The van der Waals surface area contributed by atoms with E-state index < -0.39 is 0 Å². The Morgan fingerprint density at radius 3 is 1.19 bits per heavy atom. The lowest BCUT2D eigenvalue weighted by molar-refractivity contribution is 1.17. The third kappa shape index (κ3) is 7.27. The van der Waals surface area contributed by atoms with Gasteiger partial charge in [0.2, 0.25) is 0 Å². The van der Waals surface area contributed by atoms with Crippen molar-refractivity contribution in [2.45, 2.75) is 0 Å². The van der Waals surface area contributed by atoms with Gasteiger partial charge in [0.25, 0.3) is 0 Å². The van der Waals surface area contributed by atoms with Crippen molar-refractivity contribution in [3.8, 4) is 78.9 Å². The summed E-state index contributed by atoms with van der Waals surface area (Å²) >= 11 is 0. The molecule has 13 rings (SSSR count). The van der Waals surface area contributed by atoms with Gasteiger partial charge >= 0.3 is 0 Å². The van der Waals surface area contributed by atoms with Gasteiger partial charge in [0, 0.05) is 49.4 Å². The molecule has 0 fully saturated rings. The van der Waals surface area contributed by atoms with Gasteiger partial charge in [0.05, 0.1) is 56.2 Å². The average Bonchev–Trinajstić information content (AvgIpc) is 3.42. The minimum atomic E-state index is 0.662. The van der Waals surface area contributed by atoms with Crippen LogP contribution in [-0.4, -0.2) is 29.9 Å². The number of pyridine rings is 4. The molecule has 0 atom stereocenters. The van der Waals surface area contributed by atoms with E-state index in [1.54, 1.807) is 0 Å². The van der Waals surface area contributed by atoms with Crippen LogP contribution in [0.1, 0.15) is 0 Å². The summed E-state index contributed by atoms with van der Waals surface area (Å²) in [6, 6.07) is 79.9. The van der Waals surface area contributed by atoms with Crippen molar-refractivity contribution >= 4 is 54.4 Å². The van der Waals surface area contributed by atoms with Gasteiger partial charge in [0.15, 0.2) is 5.82 Å². The summed E-state index contributed by atoms with van der Waals surface area (Å²) in [5.41, 5.74) is 16.1. The van der Waals surface area contributed by atoms with Crippen LogP contribution in [0.5, 0.6) is 0 Å². The van der Waals surface area contributed by atoms with E-state index in [1.807, 2.05) is 78.9 Å². The van der Waals surface area contributed by atoms with Crippen LogP contribution in [0, 0.1) is 0 Å². The molecule has 68 heavy (non-hydrogen) atoms. The number of benzene rings is 8. The lowest BCUT2D eigenvalue weighted by Crippen LogP contribution is -1.97. The number of fused-ring (bicyclic) bond motifs is 6. The van der Waals surface area contributed by atoms with E-state index in [9.17, 15) is 0 Å². The van der Waals surface area contributed by atoms with Crippen molar-refractivity contribution < 1.29 is 0 Å². The summed E-state index contributed by atoms with van der Waals surface area (Å²) in [7, 11) is 0. The van der Waals surface area contributed by atoms with Crippen LogP contribution in [0.25, 0.3) is 133 Å². The third-order valence-corrected chi connectivity index (χ3v) is 12.8. The SMILES string of the molecule is c1ccc(-c2cc(-c3ccc4ccc(-c5ccc6ccc(-c7ccc8cc(-c9ccc%10ccc%11ccc(-c%12ccccc%12)nc%11c%10n9)ccc8c7)cc6n5)cc4n3)nc(-c3ccccc3)n2)cc1. The predicted molar refractivity (Wildman–Crippen MR) is 279 cm³/mol. The molecule has 0 amide bonds. The Bertz CT molecular complexity index is 4020. The van der Waals surface area contributed by atoms with Gasteiger partial charge < -0.3 is 0 Å². The van der Waals surface area contributed by atoms with Gasteiger partial charge in [0.1, 0.15) is 0 Å². The molecule has 5 heterocycles. The Hall–Kier alpha value is -9.26. The van der Waals surface area contributed by atoms with Crippen LogP contribution in [0.4, 0.5) is 0 Å². The fourth-order valence-electron chi connectivity index (χ4n) is 9.21. The fourth-order valence-corrected chi connectivity index (χ4v) is 9.21. The first-order valence-corrected chi connectivity index (χ1v) is 22.7. The maximum absolute atomic E-state index is 5.22. The summed E-state index contributed by atoms with van der Waals surface area (Å²) in [6.07, 6.45) is 0. The van der Waals surface area contributed by atoms with E-state index in [0.717, 1.165) is 127 Å². The fraction of sp³-hybridized carbons (Fsp3) is 0. The molecule has 0 saturated heterocycles. The average molecular weight is 867 g/mol. The first-order valence-electron chi connectivity index (χ1n) is 22.7. The molecule has 316 valence electrons.